The number of carbonyl (C=O) groups excluding carboxylic acids is 1. The molecule has 92 valence electrons. The predicted octanol–water partition coefficient (Wildman–Crippen LogP) is 3.34. The first kappa shape index (κ1) is 12.8. The number of nitrogens with zero attached hydrogens (tertiary/aromatic N) is 1. The minimum Gasteiger partial charge on any atom is -0.383 e. The van der Waals surface area contributed by atoms with Gasteiger partial charge in [-0.1, -0.05) is 29.3 Å². The first-order chi connectivity index (χ1) is 8.50. The topological polar surface area (TPSA) is 56.0 Å². The summed E-state index contributed by atoms with van der Waals surface area (Å²) in [5, 5.41) is 0.115. The summed E-state index contributed by atoms with van der Waals surface area (Å²) in [6.45, 7) is 0. The van der Waals surface area contributed by atoms with Gasteiger partial charge in [-0.2, -0.15) is 0 Å². The molecule has 3 nitrogen and oxygen atoms in total. The van der Waals surface area contributed by atoms with E-state index in [1.165, 1.54) is 30.5 Å². The Hall–Kier alpha value is -1.65. The zero-order valence-corrected chi connectivity index (χ0v) is 10.5. The summed E-state index contributed by atoms with van der Waals surface area (Å²) in [5.74, 6) is -1.41. The van der Waals surface area contributed by atoms with Crippen LogP contribution in [0.2, 0.25) is 10.0 Å². The van der Waals surface area contributed by atoms with Gasteiger partial charge in [-0.05, 0) is 18.2 Å². The molecule has 1 heterocycles. The Kier molecular flexibility index (Phi) is 3.50. The van der Waals surface area contributed by atoms with Crippen molar-refractivity contribution in [2.75, 3.05) is 5.73 Å². The van der Waals surface area contributed by atoms with Crippen LogP contribution in [0.25, 0.3) is 0 Å². The van der Waals surface area contributed by atoms with E-state index < -0.39 is 11.6 Å². The molecule has 6 heteroatoms. The summed E-state index contributed by atoms with van der Waals surface area (Å²) in [4.78, 5) is 15.9. The molecule has 0 saturated heterocycles. The molecule has 0 unspecified atom stereocenters. The molecule has 1 aromatic heterocycles. The average molecular weight is 285 g/mol. The molecular weight excluding hydrogens is 278 g/mol. The van der Waals surface area contributed by atoms with Crippen molar-refractivity contribution in [3.8, 4) is 0 Å². The van der Waals surface area contributed by atoms with Crippen molar-refractivity contribution in [3.05, 3.63) is 57.5 Å². The molecule has 0 aliphatic rings. The lowest BCUT2D eigenvalue weighted by Crippen LogP contribution is -2.09. The van der Waals surface area contributed by atoms with Gasteiger partial charge >= 0.3 is 0 Å². The molecular formula is C12H7Cl2FN2O. The number of ketones is 1. The highest BCUT2D eigenvalue weighted by Crippen LogP contribution is 2.23. The molecule has 0 amide bonds. The Morgan fingerprint density at radius 3 is 2.72 bits per heavy atom. The third kappa shape index (κ3) is 2.30. The Balaban J connectivity index is 2.55. The first-order valence-corrected chi connectivity index (χ1v) is 5.66. The number of halogens is 3. The lowest BCUT2D eigenvalue weighted by Gasteiger charge is -2.06. The van der Waals surface area contributed by atoms with Crippen molar-refractivity contribution in [1.29, 1.82) is 0 Å². The van der Waals surface area contributed by atoms with Crippen molar-refractivity contribution in [3.63, 3.8) is 0 Å². The van der Waals surface area contributed by atoms with Crippen molar-refractivity contribution in [2.24, 2.45) is 0 Å². The summed E-state index contributed by atoms with van der Waals surface area (Å²) < 4.78 is 13.7. The van der Waals surface area contributed by atoms with Crippen LogP contribution in [0.3, 0.4) is 0 Å². The monoisotopic (exact) mass is 284 g/mol. The largest absolute Gasteiger partial charge is 0.383 e. The zero-order chi connectivity index (χ0) is 13.3. The van der Waals surface area contributed by atoms with E-state index in [0.29, 0.717) is 0 Å². The van der Waals surface area contributed by atoms with Gasteiger partial charge in [0.15, 0.2) is 11.6 Å². The van der Waals surface area contributed by atoms with E-state index in [4.69, 9.17) is 28.9 Å². The molecule has 0 fully saturated rings. The maximum absolute atomic E-state index is 13.7. The number of hydrogen-bond donors (Lipinski definition) is 1. The van der Waals surface area contributed by atoms with Crippen LogP contribution in [0, 0.1) is 5.82 Å². The van der Waals surface area contributed by atoms with Crippen LogP contribution in [-0.2, 0) is 0 Å². The molecule has 0 atom stereocenters. The van der Waals surface area contributed by atoms with Crippen LogP contribution in [-0.4, -0.2) is 10.8 Å². The fourth-order valence-corrected chi connectivity index (χ4v) is 1.79. The summed E-state index contributed by atoms with van der Waals surface area (Å²) in [6.07, 6.45) is 1.31. The SMILES string of the molecule is Nc1ncc(Cl)cc1C(=O)c1cccc(Cl)c1F. The first-order valence-electron chi connectivity index (χ1n) is 4.90. The van der Waals surface area contributed by atoms with Crippen molar-refractivity contribution < 1.29 is 9.18 Å². The molecule has 0 aliphatic heterocycles. The Bertz CT molecular complexity index is 627. The van der Waals surface area contributed by atoms with Gasteiger partial charge in [0.1, 0.15) is 5.82 Å². The van der Waals surface area contributed by atoms with Gasteiger partial charge in [0.25, 0.3) is 0 Å². The normalized spacial score (nSPS) is 10.4. The molecule has 0 radical (unpaired) electrons. The Labute approximate surface area is 112 Å². The highest BCUT2D eigenvalue weighted by molar-refractivity contribution is 6.32. The number of pyridine rings is 1. The number of hydrogen-bond acceptors (Lipinski definition) is 3. The molecule has 0 saturated carbocycles. The summed E-state index contributed by atoms with van der Waals surface area (Å²) in [7, 11) is 0. The van der Waals surface area contributed by atoms with Crippen LogP contribution in [0.5, 0.6) is 0 Å². The van der Waals surface area contributed by atoms with Gasteiger partial charge in [0.05, 0.1) is 21.2 Å². The summed E-state index contributed by atoms with van der Waals surface area (Å²) >= 11 is 11.3. The highest BCUT2D eigenvalue weighted by Gasteiger charge is 2.19. The second kappa shape index (κ2) is 4.92. The van der Waals surface area contributed by atoms with Crippen LogP contribution in [0.4, 0.5) is 10.2 Å². The van der Waals surface area contributed by atoms with E-state index in [1.807, 2.05) is 0 Å². The quantitative estimate of drug-likeness (QED) is 0.861. The molecule has 18 heavy (non-hydrogen) atoms. The number of anilines is 1. The maximum atomic E-state index is 13.7. The third-order valence-electron chi connectivity index (χ3n) is 2.33. The second-order valence-electron chi connectivity index (χ2n) is 3.52. The molecule has 2 aromatic rings. The Morgan fingerprint density at radius 2 is 2.00 bits per heavy atom. The van der Waals surface area contributed by atoms with Gasteiger partial charge in [0, 0.05) is 6.20 Å². The minimum atomic E-state index is -0.788. The highest BCUT2D eigenvalue weighted by atomic mass is 35.5. The van der Waals surface area contributed by atoms with E-state index >= 15 is 0 Å². The van der Waals surface area contributed by atoms with Crippen molar-refractivity contribution in [2.45, 2.75) is 0 Å². The number of benzene rings is 1. The molecule has 0 aliphatic carbocycles. The standard InChI is InChI=1S/C12H7Cl2FN2O/c13-6-4-8(12(16)17-5-6)11(18)7-2-1-3-9(14)10(7)15/h1-5H,(H2,16,17). The Morgan fingerprint density at radius 1 is 1.28 bits per heavy atom. The molecule has 1 aromatic carbocycles. The van der Waals surface area contributed by atoms with Gasteiger partial charge in [-0.15, -0.1) is 0 Å². The third-order valence-corrected chi connectivity index (χ3v) is 2.82. The van der Waals surface area contributed by atoms with Crippen LogP contribution >= 0.6 is 23.2 Å². The van der Waals surface area contributed by atoms with Gasteiger partial charge < -0.3 is 5.73 Å². The predicted molar refractivity (Wildman–Crippen MR) is 68.5 cm³/mol. The maximum Gasteiger partial charge on any atom is 0.199 e. The van der Waals surface area contributed by atoms with E-state index in [2.05, 4.69) is 4.98 Å². The smallest absolute Gasteiger partial charge is 0.199 e. The average Bonchev–Trinajstić information content (AvgIpc) is 2.35. The van der Waals surface area contributed by atoms with Crippen LogP contribution in [0.15, 0.2) is 30.5 Å². The number of rotatable bonds is 2. The molecule has 2 rings (SSSR count). The lowest BCUT2D eigenvalue weighted by molar-refractivity contribution is 0.103. The lowest BCUT2D eigenvalue weighted by atomic mass is 10.0. The number of carbonyl (C=O) groups is 1. The number of nitrogens with two attached hydrogens (primary N) is 1. The molecule has 2 N–H and O–H groups in total. The minimum absolute atomic E-state index is 0.0104. The van der Waals surface area contributed by atoms with Crippen molar-refractivity contribution >= 4 is 34.8 Å². The summed E-state index contributed by atoms with van der Waals surface area (Å²) in [6, 6.07) is 5.50. The number of nitrogen functional groups attached to an aromatic ring is 1. The van der Waals surface area contributed by atoms with E-state index in [1.54, 1.807) is 0 Å². The van der Waals surface area contributed by atoms with E-state index in [9.17, 15) is 9.18 Å². The van der Waals surface area contributed by atoms with Crippen LogP contribution in [0.1, 0.15) is 15.9 Å². The second-order valence-corrected chi connectivity index (χ2v) is 4.36. The van der Waals surface area contributed by atoms with E-state index in [0.717, 1.165) is 0 Å². The van der Waals surface area contributed by atoms with Crippen LogP contribution < -0.4 is 5.73 Å². The number of aromatic nitrogens is 1. The zero-order valence-electron chi connectivity index (χ0n) is 8.95. The van der Waals surface area contributed by atoms with Gasteiger partial charge in [-0.3, -0.25) is 4.79 Å². The molecule has 0 spiro atoms. The molecule has 0 bridgehead atoms. The summed E-state index contributed by atoms with van der Waals surface area (Å²) in [5.41, 5.74) is 5.45. The fourth-order valence-electron chi connectivity index (χ4n) is 1.46. The fraction of sp³-hybridized carbons (Fsp3) is 0. The van der Waals surface area contributed by atoms with Gasteiger partial charge in [-0.25, -0.2) is 9.37 Å². The van der Waals surface area contributed by atoms with Gasteiger partial charge in [0.2, 0.25) is 0 Å². The van der Waals surface area contributed by atoms with E-state index in [-0.39, 0.29) is 27.0 Å². The van der Waals surface area contributed by atoms with Crippen molar-refractivity contribution in [1.82, 2.24) is 4.98 Å².